The molecule has 1 fully saturated rings. The molecule has 140 valence electrons. The van der Waals surface area contributed by atoms with Gasteiger partial charge >= 0.3 is 0 Å². The van der Waals surface area contributed by atoms with E-state index in [1.807, 2.05) is 24.3 Å². The first-order valence-electron chi connectivity index (χ1n) is 9.06. The molecule has 1 atom stereocenters. The zero-order valence-electron chi connectivity index (χ0n) is 15.7. The van der Waals surface area contributed by atoms with Crippen molar-refractivity contribution in [1.82, 2.24) is 4.90 Å². The number of methoxy groups -OCH3 is 2. The number of nitrogens with zero attached hydrogens (tertiary/aromatic N) is 2. The average Bonchev–Trinajstić information content (AvgIpc) is 2.68. The molecule has 4 nitrogen and oxygen atoms in total. The van der Waals surface area contributed by atoms with Gasteiger partial charge in [0.1, 0.15) is 0 Å². The number of halogens is 1. The van der Waals surface area contributed by atoms with Crippen LogP contribution >= 0.6 is 11.6 Å². The molecule has 1 saturated heterocycles. The fourth-order valence-corrected chi connectivity index (χ4v) is 3.76. The monoisotopic (exact) mass is 374 g/mol. The van der Waals surface area contributed by atoms with E-state index in [1.54, 1.807) is 14.2 Å². The second-order valence-corrected chi connectivity index (χ2v) is 7.18. The largest absolute Gasteiger partial charge is 0.493 e. The molecule has 0 unspecified atom stereocenters. The van der Waals surface area contributed by atoms with Gasteiger partial charge in [0, 0.05) is 42.9 Å². The standard InChI is InChI=1S/C21H27ClN2O2/c1-16(13-17-7-8-20(25-2)21(14-17)26-3)23-9-11-24(12-10-23)19-6-4-5-18(22)15-19/h4-8,14-16H,9-13H2,1-3H3/t16-/m1/s1. The highest BCUT2D eigenvalue weighted by Gasteiger charge is 2.22. The van der Waals surface area contributed by atoms with Crippen LogP contribution in [0.1, 0.15) is 12.5 Å². The van der Waals surface area contributed by atoms with Gasteiger partial charge in [0.2, 0.25) is 0 Å². The summed E-state index contributed by atoms with van der Waals surface area (Å²) >= 11 is 6.12. The van der Waals surface area contributed by atoms with Gasteiger partial charge in [-0.25, -0.2) is 0 Å². The molecule has 0 amide bonds. The zero-order chi connectivity index (χ0) is 18.5. The van der Waals surface area contributed by atoms with Gasteiger partial charge in [0.05, 0.1) is 14.2 Å². The van der Waals surface area contributed by atoms with Crippen molar-refractivity contribution in [3.8, 4) is 11.5 Å². The second kappa shape index (κ2) is 8.65. The van der Waals surface area contributed by atoms with E-state index in [4.69, 9.17) is 21.1 Å². The van der Waals surface area contributed by atoms with Crippen LogP contribution in [0, 0.1) is 0 Å². The minimum Gasteiger partial charge on any atom is -0.493 e. The Kier molecular flexibility index (Phi) is 6.28. The van der Waals surface area contributed by atoms with Crippen LogP contribution in [0.2, 0.25) is 5.02 Å². The van der Waals surface area contributed by atoms with Gasteiger partial charge in [0.15, 0.2) is 11.5 Å². The molecule has 2 aromatic carbocycles. The average molecular weight is 375 g/mol. The smallest absolute Gasteiger partial charge is 0.160 e. The number of ether oxygens (including phenoxy) is 2. The first-order valence-corrected chi connectivity index (χ1v) is 9.44. The number of hydrogen-bond donors (Lipinski definition) is 0. The van der Waals surface area contributed by atoms with E-state index in [-0.39, 0.29) is 0 Å². The lowest BCUT2D eigenvalue weighted by molar-refractivity contribution is 0.196. The maximum absolute atomic E-state index is 6.12. The summed E-state index contributed by atoms with van der Waals surface area (Å²) in [5.74, 6) is 1.57. The zero-order valence-corrected chi connectivity index (χ0v) is 16.5. The van der Waals surface area contributed by atoms with E-state index in [1.165, 1.54) is 11.3 Å². The fourth-order valence-electron chi connectivity index (χ4n) is 3.57. The highest BCUT2D eigenvalue weighted by molar-refractivity contribution is 6.30. The molecule has 1 aliphatic heterocycles. The summed E-state index contributed by atoms with van der Waals surface area (Å²) in [5, 5.41) is 0.798. The molecule has 26 heavy (non-hydrogen) atoms. The summed E-state index contributed by atoms with van der Waals surface area (Å²) in [7, 11) is 3.35. The number of hydrogen-bond acceptors (Lipinski definition) is 4. The summed E-state index contributed by atoms with van der Waals surface area (Å²) in [6.45, 7) is 6.46. The molecular formula is C21H27ClN2O2. The van der Waals surface area contributed by atoms with Gasteiger partial charge in [-0.3, -0.25) is 4.90 Å². The molecule has 1 aliphatic rings. The SMILES string of the molecule is COc1ccc(C[C@@H](C)N2CCN(c3cccc(Cl)c3)CC2)cc1OC. The van der Waals surface area contributed by atoms with Gasteiger partial charge in [-0.15, -0.1) is 0 Å². The molecule has 0 bridgehead atoms. The Morgan fingerprint density at radius 3 is 2.35 bits per heavy atom. The van der Waals surface area contributed by atoms with E-state index in [9.17, 15) is 0 Å². The summed E-state index contributed by atoms with van der Waals surface area (Å²) in [5.41, 5.74) is 2.48. The number of rotatable bonds is 6. The Bertz CT molecular complexity index is 730. The normalized spacial score (nSPS) is 16.4. The third-order valence-corrected chi connectivity index (χ3v) is 5.33. The minimum atomic E-state index is 0.481. The van der Waals surface area contributed by atoms with Crippen molar-refractivity contribution >= 4 is 17.3 Å². The third kappa shape index (κ3) is 4.43. The molecule has 1 heterocycles. The van der Waals surface area contributed by atoms with Crippen molar-refractivity contribution in [2.24, 2.45) is 0 Å². The molecule has 0 aromatic heterocycles. The van der Waals surface area contributed by atoms with E-state index in [0.29, 0.717) is 6.04 Å². The highest BCUT2D eigenvalue weighted by Crippen LogP contribution is 2.28. The van der Waals surface area contributed by atoms with Crippen LogP contribution < -0.4 is 14.4 Å². The van der Waals surface area contributed by atoms with Crippen LogP contribution in [0.4, 0.5) is 5.69 Å². The first kappa shape index (κ1) is 18.9. The van der Waals surface area contributed by atoms with Crippen LogP contribution in [0.3, 0.4) is 0 Å². The van der Waals surface area contributed by atoms with Gasteiger partial charge in [0.25, 0.3) is 0 Å². The quantitative estimate of drug-likeness (QED) is 0.759. The fraction of sp³-hybridized carbons (Fsp3) is 0.429. The maximum atomic E-state index is 6.12. The molecule has 0 saturated carbocycles. The van der Waals surface area contributed by atoms with Crippen molar-refractivity contribution in [3.63, 3.8) is 0 Å². The highest BCUT2D eigenvalue weighted by atomic mass is 35.5. The Morgan fingerprint density at radius 2 is 1.69 bits per heavy atom. The molecule has 2 aromatic rings. The Morgan fingerprint density at radius 1 is 0.962 bits per heavy atom. The van der Waals surface area contributed by atoms with Gasteiger partial charge in [-0.1, -0.05) is 23.7 Å². The van der Waals surface area contributed by atoms with E-state index < -0.39 is 0 Å². The van der Waals surface area contributed by atoms with Crippen LogP contribution in [0.5, 0.6) is 11.5 Å². The van der Waals surface area contributed by atoms with Crippen LogP contribution in [-0.4, -0.2) is 51.3 Å². The Hall–Kier alpha value is -1.91. The second-order valence-electron chi connectivity index (χ2n) is 6.75. The molecule has 0 spiro atoms. The van der Waals surface area contributed by atoms with Gasteiger partial charge in [-0.05, 0) is 49.2 Å². The van der Waals surface area contributed by atoms with Crippen molar-refractivity contribution in [3.05, 3.63) is 53.1 Å². The third-order valence-electron chi connectivity index (χ3n) is 5.09. The molecule has 0 aliphatic carbocycles. The molecular weight excluding hydrogens is 348 g/mol. The summed E-state index contributed by atoms with van der Waals surface area (Å²) in [4.78, 5) is 4.96. The van der Waals surface area contributed by atoms with E-state index >= 15 is 0 Å². The Balaban J connectivity index is 1.57. The first-order chi connectivity index (χ1) is 12.6. The predicted molar refractivity (Wildman–Crippen MR) is 108 cm³/mol. The molecule has 5 heteroatoms. The lowest BCUT2D eigenvalue weighted by Crippen LogP contribution is -2.50. The molecule has 3 rings (SSSR count). The topological polar surface area (TPSA) is 24.9 Å². The van der Waals surface area contributed by atoms with Gasteiger partial charge in [-0.2, -0.15) is 0 Å². The van der Waals surface area contributed by atoms with Crippen molar-refractivity contribution in [1.29, 1.82) is 0 Å². The minimum absolute atomic E-state index is 0.481. The van der Waals surface area contributed by atoms with E-state index in [2.05, 4.69) is 34.9 Å². The lowest BCUT2D eigenvalue weighted by Gasteiger charge is -2.39. The number of anilines is 1. The summed E-state index contributed by atoms with van der Waals surface area (Å²) in [6, 6.07) is 14.8. The van der Waals surface area contributed by atoms with E-state index in [0.717, 1.165) is 49.1 Å². The molecule has 0 radical (unpaired) electrons. The number of benzene rings is 2. The lowest BCUT2D eigenvalue weighted by atomic mass is 10.0. The van der Waals surface area contributed by atoms with Crippen molar-refractivity contribution < 1.29 is 9.47 Å². The number of piperazine rings is 1. The van der Waals surface area contributed by atoms with Crippen molar-refractivity contribution in [2.45, 2.75) is 19.4 Å². The summed E-state index contributed by atoms with van der Waals surface area (Å²) < 4.78 is 10.7. The van der Waals surface area contributed by atoms with Crippen LogP contribution in [0.15, 0.2) is 42.5 Å². The maximum Gasteiger partial charge on any atom is 0.160 e. The van der Waals surface area contributed by atoms with Crippen LogP contribution in [0.25, 0.3) is 0 Å². The van der Waals surface area contributed by atoms with Crippen LogP contribution in [-0.2, 0) is 6.42 Å². The summed E-state index contributed by atoms with van der Waals surface area (Å²) in [6.07, 6.45) is 0.998. The van der Waals surface area contributed by atoms with Gasteiger partial charge < -0.3 is 14.4 Å². The van der Waals surface area contributed by atoms with Crippen molar-refractivity contribution in [2.75, 3.05) is 45.3 Å². The molecule has 0 N–H and O–H groups in total. The Labute approximate surface area is 161 Å². The predicted octanol–water partition coefficient (Wildman–Crippen LogP) is 4.11.